The van der Waals surface area contributed by atoms with Crippen molar-refractivity contribution in [3.05, 3.63) is 71.8 Å². The van der Waals surface area contributed by atoms with Gasteiger partial charge >= 0.3 is 0 Å². The molecule has 1 saturated heterocycles. The summed E-state index contributed by atoms with van der Waals surface area (Å²) in [6.45, 7) is 5.74. The maximum absolute atomic E-state index is 3.82. The Morgan fingerprint density at radius 2 is 1.59 bits per heavy atom. The molecule has 0 aliphatic carbocycles. The molecule has 1 aliphatic rings. The normalized spacial score (nSPS) is 18.9. The highest BCUT2D eigenvalue weighted by Gasteiger charge is 2.24. The predicted octanol–water partition coefficient (Wildman–Crippen LogP) is 3.85. The second-order valence-electron chi connectivity index (χ2n) is 6.09. The second-order valence-corrected chi connectivity index (χ2v) is 6.09. The van der Waals surface area contributed by atoms with Crippen molar-refractivity contribution in [2.75, 3.05) is 19.6 Å². The van der Waals surface area contributed by atoms with Crippen molar-refractivity contribution in [1.29, 1.82) is 0 Å². The zero-order valence-corrected chi connectivity index (χ0v) is 13.4. The molecule has 2 aromatic carbocycles. The lowest BCUT2D eigenvalue weighted by molar-refractivity contribution is 0.256. The number of benzene rings is 2. The molecule has 1 N–H and O–H groups in total. The molecule has 0 radical (unpaired) electrons. The zero-order chi connectivity index (χ0) is 15.2. The fourth-order valence-electron chi connectivity index (χ4n) is 3.52. The van der Waals surface area contributed by atoms with Crippen molar-refractivity contribution in [2.24, 2.45) is 0 Å². The minimum atomic E-state index is 0.279. The van der Waals surface area contributed by atoms with Crippen LogP contribution in [0.4, 0.5) is 0 Å². The Hall–Kier alpha value is -1.64. The topological polar surface area (TPSA) is 15.3 Å². The van der Waals surface area contributed by atoms with Crippen molar-refractivity contribution in [2.45, 2.75) is 31.8 Å². The van der Waals surface area contributed by atoms with E-state index in [-0.39, 0.29) is 6.04 Å². The van der Waals surface area contributed by atoms with E-state index < -0.39 is 0 Å². The maximum Gasteiger partial charge on any atom is 0.0577 e. The largest absolute Gasteiger partial charge is 0.305 e. The van der Waals surface area contributed by atoms with Gasteiger partial charge in [0.1, 0.15) is 0 Å². The van der Waals surface area contributed by atoms with Crippen LogP contribution in [0.2, 0.25) is 0 Å². The van der Waals surface area contributed by atoms with E-state index in [1.54, 1.807) is 0 Å². The highest BCUT2D eigenvalue weighted by Crippen LogP contribution is 2.23. The van der Waals surface area contributed by atoms with Gasteiger partial charge in [0.25, 0.3) is 0 Å². The van der Waals surface area contributed by atoms with Crippen LogP contribution in [0.15, 0.2) is 60.7 Å². The summed E-state index contributed by atoms with van der Waals surface area (Å²) in [7, 11) is 0. The third-order valence-electron chi connectivity index (χ3n) is 4.73. The summed E-state index contributed by atoms with van der Waals surface area (Å²) in [6, 6.07) is 22.5. The predicted molar refractivity (Wildman–Crippen MR) is 93.0 cm³/mol. The Labute approximate surface area is 134 Å². The molecular weight excluding hydrogens is 268 g/mol. The maximum atomic E-state index is 3.82. The van der Waals surface area contributed by atoms with Crippen molar-refractivity contribution in [1.82, 2.24) is 10.2 Å². The highest BCUT2D eigenvalue weighted by molar-refractivity contribution is 5.31. The van der Waals surface area contributed by atoms with E-state index in [0.717, 1.165) is 13.1 Å². The zero-order valence-electron chi connectivity index (χ0n) is 13.4. The summed E-state index contributed by atoms with van der Waals surface area (Å²) in [5.74, 6) is 0. The number of nitrogens with one attached hydrogen (secondary N) is 1. The van der Waals surface area contributed by atoms with Gasteiger partial charge in [-0.2, -0.15) is 0 Å². The molecule has 0 amide bonds. The molecule has 0 bridgehead atoms. The molecular formula is C20H26N2. The van der Waals surface area contributed by atoms with Crippen LogP contribution in [0.5, 0.6) is 0 Å². The monoisotopic (exact) mass is 294 g/mol. The van der Waals surface area contributed by atoms with Crippen LogP contribution in [0.3, 0.4) is 0 Å². The molecule has 1 atom stereocenters. The minimum Gasteiger partial charge on any atom is -0.305 e. The summed E-state index contributed by atoms with van der Waals surface area (Å²) >= 11 is 0. The molecule has 1 heterocycles. The summed E-state index contributed by atoms with van der Waals surface area (Å²) in [6.07, 6.45) is 2.65. The quantitative estimate of drug-likeness (QED) is 0.870. The molecule has 22 heavy (non-hydrogen) atoms. The lowest BCUT2D eigenvalue weighted by Gasteiger charge is -2.27. The summed E-state index contributed by atoms with van der Waals surface area (Å²) in [5.41, 5.74) is 2.68. The van der Waals surface area contributed by atoms with Gasteiger partial charge in [-0.1, -0.05) is 67.6 Å². The van der Waals surface area contributed by atoms with Crippen molar-refractivity contribution >= 4 is 0 Å². The molecule has 0 aromatic heterocycles. The first-order chi connectivity index (χ1) is 10.9. The Morgan fingerprint density at radius 1 is 1.00 bits per heavy atom. The van der Waals surface area contributed by atoms with Gasteiger partial charge in [0.2, 0.25) is 0 Å². The molecule has 2 aromatic rings. The van der Waals surface area contributed by atoms with E-state index in [4.69, 9.17) is 0 Å². The number of likely N-dealkylation sites (N-methyl/N-ethyl adjacent to an activating group) is 1. The Balaban J connectivity index is 1.75. The molecule has 1 aliphatic heterocycles. The number of nitrogens with zero attached hydrogens (tertiary/aromatic N) is 1. The molecule has 0 spiro atoms. The lowest BCUT2D eigenvalue weighted by atomic mass is 9.98. The van der Waals surface area contributed by atoms with E-state index in [2.05, 4.69) is 77.8 Å². The first kappa shape index (κ1) is 15.3. The van der Waals surface area contributed by atoms with Crippen molar-refractivity contribution in [3.63, 3.8) is 0 Å². The highest BCUT2D eigenvalue weighted by atomic mass is 15.2. The van der Waals surface area contributed by atoms with Gasteiger partial charge in [-0.3, -0.25) is 4.90 Å². The fraction of sp³-hybridized carbons (Fsp3) is 0.400. The van der Waals surface area contributed by atoms with Gasteiger partial charge in [-0.15, -0.1) is 0 Å². The fourth-order valence-corrected chi connectivity index (χ4v) is 3.52. The van der Waals surface area contributed by atoms with Gasteiger partial charge in [-0.25, -0.2) is 0 Å². The average molecular weight is 294 g/mol. The van der Waals surface area contributed by atoms with E-state index in [1.165, 1.54) is 30.5 Å². The first-order valence-electron chi connectivity index (χ1n) is 8.46. The Morgan fingerprint density at radius 3 is 2.14 bits per heavy atom. The number of hydrogen-bond acceptors (Lipinski definition) is 2. The first-order valence-corrected chi connectivity index (χ1v) is 8.46. The molecule has 116 valence electrons. The molecule has 1 unspecified atom stereocenters. The van der Waals surface area contributed by atoms with Crippen LogP contribution < -0.4 is 5.32 Å². The number of rotatable bonds is 6. The SMILES string of the molecule is CCN1CCCC1CNC(c1ccccc1)c1ccccc1. The van der Waals surface area contributed by atoms with Crippen LogP contribution in [-0.4, -0.2) is 30.6 Å². The molecule has 3 rings (SSSR count). The smallest absolute Gasteiger partial charge is 0.0577 e. The van der Waals surface area contributed by atoms with Gasteiger partial charge in [0.05, 0.1) is 6.04 Å². The van der Waals surface area contributed by atoms with Crippen molar-refractivity contribution < 1.29 is 0 Å². The van der Waals surface area contributed by atoms with Crippen LogP contribution >= 0.6 is 0 Å². The van der Waals surface area contributed by atoms with E-state index in [1.807, 2.05) is 0 Å². The van der Waals surface area contributed by atoms with Crippen LogP contribution in [0, 0.1) is 0 Å². The molecule has 1 fully saturated rings. The van der Waals surface area contributed by atoms with E-state index >= 15 is 0 Å². The van der Waals surface area contributed by atoms with E-state index in [9.17, 15) is 0 Å². The lowest BCUT2D eigenvalue weighted by Crippen LogP contribution is -2.39. The standard InChI is InChI=1S/C20H26N2/c1-2-22-15-9-14-19(22)16-21-20(17-10-5-3-6-11-17)18-12-7-4-8-13-18/h3-8,10-13,19-21H,2,9,14-16H2,1H3. The summed E-state index contributed by atoms with van der Waals surface area (Å²) < 4.78 is 0. The van der Waals surface area contributed by atoms with Gasteiger partial charge < -0.3 is 5.32 Å². The van der Waals surface area contributed by atoms with Gasteiger partial charge in [-0.05, 0) is 37.1 Å². The molecule has 0 saturated carbocycles. The average Bonchev–Trinajstić information content (AvgIpc) is 3.05. The van der Waals surface area contributed by atoms with Gasteiger partial charge in [0, 0.05) is 12.6 Å². The minimum absolute atomic E-state index is 0.279. The van der Waals surface area contributed by atoms with Crippen LogP contribution in [0.1, 0.15) is 36.9 Å². The van der Waals surface area contributed by atoms with Gasteiger partial charge in [0.15, 0.2) is 0 Å². The summed E-state index contributed by atoms with van der Waals surface area (Å²) in [5, 5.41) is 3.82. The third-order valence-corrected chi connectivity index (χ3v) is 4.73. The van der Waals surface area contributed by atoms with Crippen LogP contribution in [0.25, 0.3) is 0 Å². The third kappa shape index (κ3) is 3.57. The van der Waals surface area contributed by atoms with E-state index in [0.29, 0.717) is 6.04 Å². The number of likely N-dealkylation sites (tertiary alicyclic amines) is 1. The molecule has 2 heteroatoms. The van der Waals surface area contributed by atoms with Crippen molar-refractivity contribution in [3.8, 4) is 0 Å². The van der Waals surface area contributed by atoms with Crippen LogP contribution in [-0.2, 0) is 0 Å². The Bertz CT molecular complexity index is 513. The number of hydrogen-bond donors (Lipinski definition) is 1. The molecule has 2 nitrogen and oxygen atoms in total. The second kappa shape index (κ2) is 7.57. The summed E-state index contributed by atoms with van der Waals surface area (Å²) in [4.78, 5) is 2.60. The Kier molecular flexibility index (Phi) is 5.25.